The number of hydrogen-bond acceptors (Lipinski definition) is 3. The molecule has 6 nitrogen and oxygen atoms in total. The van der Waals surface area contributed by atoms with Crippen molar-refractivity contribution in [1.82, 2.24) is 15.5 Å². The van der Waals surface area contributed by atoms with Crippen LogP contribution in [0.5, 0.6) is 5.75 Å². The third-order valence-electron chi connectivity index (χ3n) is 4.13. The number of rotatable bonds is 9. The van der Waals surface area contributed by atoms with Gasteiger partial charge in [0.25, 0.3) is 0 Å². The number of likely N-dealkylation sites (N-methyl/N-ethyl adjacent to an activating group) is 1. The summed E-state index contributed by atoms with van der Waals surface area (Å²) in [4.78, 5) is 18.1. The van der Waals surface area contributed by atoms with E-state index < -0.39 is 0 Å². The number of para-hydroxylation sites is 1. The van der Waals surface area contributed by atoms with Crippen LogP contribution in [0.15, 0.2) is 59.6 Å². The molecule has 0 saturated heterocycles. The van der Waals surface area contributed by atoms with Gasteiger partial charge >= 0.3 is 0 Å². The predicted molar refractivity (Wildman–Crippen MR) is 129 cm³/mol. The van der Waals surface area contributed by atoms with Gasteiger partial charge in [0, 0.05) is 26.2 Å². The number of halogens is 1. The number of guanidine groups is 1. The third-order valence-corrected chi connectivity index (χ3v) is 4.13. The maximum Gasteiger partial charge on any atom is 0.241 e. The van der Waals surface area contributed by atoms with Gasteiger partial charge in [0.05, 0.1) is 19.7 Å². The summed E-state index contributed by atoms with van der Waals surface area (Å²) in [5, 5.41) is 6.43. The summed E-state index contributed by atoms with van der Waals surface area (Å²) in [6, 6.07) is 18.1. The van der Waals surface area contributed by atoms with E-state index in [0.717, 1.165) is 24.3 Å². The number of amides is 1. The average Bonchev–Trinajstić information content (AvgIpc) is 2.71. The zero-order valence-electron chi connectivity index (χ0n) is 17.4. The minimum Gasteiger partial charge on any atom is -0.494 e. The minimum atomic E-state index is -0.00715. The Balaban J connectivity index is 0.00000420. The van der Waals surface area contributed by atoms with E-state index in [0.29, 0.717) is 19.1 Å². The van der Waals surface area contributed by atoms with Crippen LogP contribution in [0.1, 0.15) is 18.1 Å². The van der Waals surface area contributed by atoms with Crippen LogP contribution < -0.4 is 15.4 Å². The highest BCUT2D eigenvalue weighted by Crippen LogP contribution is 2.18. The molecule has 1 amide bonds. The molecular formula is C22H31IN4O2. The largest absolute Gasteiger partial charge is 0.494 e. The van der Waals surface area contributed by atoms with Gasteiger partial charge in [-0.15, -0.1) is 24.0 Å². The lowest BCUT2D eigenvalue weighted by Gasteiger charge is -2.15. The van der Waals surface area contributed by atoms with E-state index in [1.165, 1.54) is 5.56 Å². The maximum atomic E-state index is 11.9. The van der Waals surface area contributed by atoms with E-state index in [-0.39, 0.29) is 36.4 Å². The second-order valence-corrected chi connectivity index (χ2v) is 6.51. The van der Waals surface area contributed by atoms with Gasteiger partial charge in [-0.3, -0.25) is 4.79 Å². The lowest BCUT2D eigenvalue weighted by atomic mass is 10.1. The summed E-state index contributed by atoms with van der Waals surface area (Å²) in [7, 11) is 3.48. The van der Waals surface area contributed by atoms with Crippen molar-refractivity contribution in [3.8, 4) is 5.75 Å². The van der Waals surface area contributed by atoms with Crippen molar-refractivity contribution in [2.75, 3.05) is 33.8 Å². The summed E-state index contributed by atoms with van der Waals surface area (Å²) in [6.45, 7) is 3.95. The Kier molecular flexibility index (Phi) is 11.8. The third kappa shape index (κ3) is 9.17. The first-order chi connectivity index (χ1) is 13.6. The monoisotopic (exact) mass is 510 g/mol. The molecular weight excluding hydrogens is 479 g/mol. The molecule has 7 heteroatoms. The zero-order chi connectivity index (χ0) is 20.2. The van der Waals surface area contributed by atoms with Gasteiger partial charge in [-0.25, -0.2) is 4.99 Å². The van der Waals surface area contributed by atoms with Crippen LogP contribution in [0.2, 0.25) is 0 Å². The van der Waals surface area contributed by atoms with E-state index >= 15 is 0 Å². The van der Waals surface area contributed by atoms with E-state index in [1.54, 1.807) is 19.0 Å². The molecule has 2 rings (SSSR count). The van der Waals surface area contributed by atoms with Gasteiger partial charge in [0.15, 0.2) is 5.96 Å². The molecule has 0 spiro atoms. The first-order valence-corrected chi connectivity index (χ1v) is 9.57. The van der Waals surface area contributed by atoms with Crippen molar-refractivity contribution in [2.24, 2.45) is 4.99 Å². The smallest absolute Gasteiger partial charge is 0.241 e. The lowest BCUT2D eigenvalue weighted by Crippen LogP contribution is -2.43. The van der Waals surface area contributed by atoms with Crippen LogP contribution in [0, 0.1) is 0 Å². The van der Waals surface area contributed by atoms with Gasteiger partial charge in [-0.1, -0.05) is 48.5 Å². The molecule has 2 aromatic rings. The fourth-order valence-corrected chi connectivity index (χ4v) is 2.56. The minimum absolute atomic E-state index is 0. The number of benzene rings is 2. The van der Waals surface area contributed by atoms with Crippen LogP contribution in [0.25, 0.3) is 0 Å². The highest BCUT2D eigenvalue weighted by molar-refractivity contribution is 14.0. The van der Waals surface area contributed by atoms with E-state index in [9.17, 15) is 4.79 Å². The Labute approximate surface area is 190 Å². The molecule has 29 heavy (non-hydrogen) atoms. The van der Waals surface area contributed by atoms with Crippen LogP contribution in [0.4, 0.5) is 0 Å². The molecule has 0 aliphatic heterocycles. The van der Waals surface area contributed by atoms with Gasteiger partial charge in [0.1, 0.15) is 5.75 Å². The van der Waals surface area contributed by atoms with Crippen LogP contribution in [-0.4, -0.2) is 50.6 Å². The van der Waals surface area contributed by atoms with Gasteiger partial charge in [-0.05, 0) is 25.0 Å². The number of aliphatic imine (C=N–C) groups is 1. The average molecular weight is 510 g/mol. The molecule has 2 aromatic carbocycles. The van der Waals surface area contributed by atoms with E-state index in [4.69, 9.17) is 4.74 Å². The molecule has 0 fully saturated rings. The summed E-state index contributed by atoms with van der Waals surface area (Å²) in [6.07, 6.45) is 0.874. The summed E-state index contributed by atoms with van der Waals surface area (Å²) in [5.74, 6) is 1.44. The summed E-state index contributed by atoms with van der Waals surface area (Å²) >= 11 is 0. The van der Waals surface area contributed by atoms with Crippen molar-refractivity contribution in [3.63, 3.8) is 0 Å². The highest BCUT2D eigenvalue weighted by atomic mass is 127. The van der Waals surface area contributed by atoms with E-state index in [2.05, 4.69) is 27.8 Å². The van der Waals surface area contributed by atoms with Crippen LogP contribution in [0.3, 0.4) is 0 Å². The van der Waals surface area contributed by atoms with Crippen LogP contribution >= 0.6 is 24.0 Å². The van der Waals surface area contributed by atoms with Crippen molar-refractivity contribution in [1.29, 1.82) is 0 Å². The molecule has 0 aliphatic rings. The van der Waals surface area contributed by atoms with Gasteiger partial charge in [-0.2, -0.15) is 0 Å². The molecule has 2 N–H and O–H groups in total. The molecule has 0 aromatic heterocycles. The fraction of sp³-hybridized carbons (Fsp3) is 0.364. The second kappa shape index (κ2) is 13.8. The Morgan fingerprint density at radius 3 is 2.41 bits per heavy atom. The normalized spacial score (nSPS) is 10.7. The molecule has 0 radical (unpaired) electrons. The molecule has 0 saturated carbocycles. The standard InChI is InChI=1S/C22H30N4O2.HI/c1-4-28-20-13-9-8-12-19(20)16-24-22(25-17-21(27)26(2)3)23-15-14-18-10-6-5-7-11-18;/h5-13H,4,14-17H2,1-3H3,(H2,23,24,25);1H. The van der Waals surface area contributed by atoms with Crippen molar-refractivity contribution < 1.29 is 9.53 Å². The molecule has 0 heterocycles. The van der Waals surface area contributed by atoms with Crippen molar-refractivity contribution in [3.05, 3.63) is 65.7 Å². The predicted octanol–water partition coefficient (Wildman–Crippen LogP) is 3.07. The Hall–Kier alpha value is -2.29. The number of ether oxygens (including phenoxy) is 1. The van der Waals surface area contributed by atoms with Gasteiger partial charge < -0.3 is 20.3 Å². The van der Waals surface area contributed by atoms with E-state index in [1.807, 2.05) is 49.4 Å². The molecule has 0 unspecified atom stereocenters. The number of nitrogens with one attached hydrogen (secondary N) is 2. The summed E-state index contributed by atoms with van der Waals surface area (Å²) in [5.41, 5.74) is 2.26. The fourth-order valence-electron chi connectivity index (χ4n) is 2.56. The highest BCUT2D eigenvalue weighted by Gasteiger charge is 2.07. The second-order valence-electron chi connectivity index (χ2n) is 6.51. The maximum absolute atomic E-state index is 11.9. The van der Waals surface area contributed by atoms with Crippen molar-refractivity contribution in [2.45, 2.75) is 19.9 Å². The van der Waals surface area contributed by atoms with Gasteiger partial charge in [0.2, 0.25) is 5.91 Å². The number of hydrogen-bond donors (Lipinski definition) is 2. The molecule has 0 atom stereocenters. The first kappa shape index (κ1) is 24.7. The zero-order valence-corrected chi connectivity index (χ0v) is 19.7. The Morgan fingerprint density at radius 1 is 1.03 bits per heavy atom. The Morgan fingerprint density at radius 2 is 1.72 bits per heavy atom. The topological polar surface area (TPSA) is 66.0 Å². The lowest BCUT2D eigenvalue weighted by molar-refractivity contribution is -0.127. The number of carbonyl (C=O) groups excluding carboxylic acids is 1. The van der Waals surface area contributed by atoms with Crippen LogP contribution in [-0.2, 0) is 17.8 Å². The number of carbonyl (C=O) groups is 1. The van der Waals surface area contributed by atoms with Crippen molar-refractivity contribution >= 4 is 35.8 Å². The molecule has 158 valence electrons. The summed E-state index contributed by atoms with van der Waals surface area (Å²) < 4.78 is 5.67. The first-order valence-electron chi connectivity index (χ1n) is 9.57. The Bertz CT molecular complexity index is 766. The number of nitrogens with zero attached hydrogens (tertiary/aromatic N) is 2. The SMILES string of the molecule is CCOc1ccccc1CN=C(NCCc1ccccc1)NCC(=O)N(C)C.I. The molecule has 0 aliphatic carbocycles. The quantitative estimate of drug-likeness (QED) is 0.309. The molecule has 0 bridgehead atoms.